The van der Waals surface area contributed by atoms with E-state index in [1.54, 1.807) is 6.07 Å². The van der Waals surface area contributed by atoms with Crippen molar-refractivity contribution < 1.29 is 13.6 Å². The zero-order chi connectivity index (χ0) is 12.3. The number of hydrogen-bond donors (Lipinski definition) is 2. The Kier molecular flexibility index (Phi) is 3.09. The molecule has 2 aromatic rings. The van der Waals surface area contributed by atoms with E-state index in [0.29, 0.717) is 6.54 Å². The molecule has 1 amide bonds. The Bertz CT molecular complexity index is 523. The number of para-hydroxylation sites is 1. The van der Waals surface area contributed by atoms with Crippen LogP contribution in [0.15, 0.2) is 41.2 Å². The molecule has 0 fully saturated rings. The van der Waals surface area contributed by atoms with Crippen LogP contribution in [0.3, 0.4) is 0 Å². The van der Waals surface area contributed by atoms with Gasteiger partial charge in [0.15, 0.2) is 0 Å². The number of nitrogens with two attached hydrogens (primary N) is 1. The van der Waals surface area contributed by atoms with Gasteiger partial charge in [0.2, 0.25) is 0 Å². The van der Waals surface area contributed by atoms with E-state index in [1.165, 1.54) is 30.7 Å². The number of rotatable bonds is 3. The largest absolute Gasteiger partial charge is 0.472 e. The van der Waals surface area contributed by atoms with Crippen LogP contribution >= 0.6 is 0 Å². The summed E-state index contributed by atoms with van der Waals surface area (Å²) in [4.78, 5) is 11.7. The average molecular weight is 234 g/mol. The molecule has 17 heavy (non-hydrogen) atoms. The highest BCUT2D eigenvalue weighted by Gasteiger charge is 2.12. The lowest BCUT2D eigenvalue weighted by Crippen LogP contribution is -2.23. The number of furan rings is 1. The Labute approximate surface area is 97.2 Å². The topological polar surface area (TPSA) is 68.3 Å². The molecule has 0 spiro atoms. The molecule has 1 aromatic heterocycles. The molecule has 0 atom stereocenters. The minimum absolute atomic E-state index is 0.133. The second kappa shape index (κ2) is 4.69. The predicted molar refractivity (Wildman–Crippen MR) is 60.7 cm³/mol. The number of hydrogen-bond acceptors (Lipinski definition) is 3. The van der Waals surface area contributed by atoms with Crippen LogP contribution in [0, 0.1) is 5.82 Å². The molecule has 0 aliphatic rings. The van der Waals surface area contributed by atoms with Crippen molar-refractivity contribution in [3.05, 3.63) is 53.7 Å². The molecular formula is C12H11FN2O2. The Morgan fingerprint density at radius 2 is 2.24 bits per heavy atom. The third-order valence-corrected chi connectivity index (χ3v) is 2.33. The fourth-order valence-corrected chi connectivity index (χ4v) is 1.41. The van der Waals surface area contributed by atoms with E-state index in [2.05, 4.69) is 5.32 Å². The summed E-state index contributed by atoms with van der Waals surface area (Å²) < 4.78 is 18.0. The van der Waals surface area contributed by atoms with Gasteiger partial charge in [-0.15, -0.1) is 0 Å². The van der Waals surface area contributed by atoms with Crippen LogP contribution in [0.4, 0.5) is 10.1 Å². The van der Waals surface area contributed by atoms with Crippen molar-refractivity contribution in [3.8, 4) is 0 Å². The molecule has 4 nitrogen and oxygen atoms in total. The number of carbonyl (C=O) groups is 1. The third-order valence-electron chi connectivity index (χ3n) is 2.33. The summed E-state index contributed by atoms with van der Waals surface area (Å²) in [7, 11) is 0. The standard InChI is InChI=1S/C12H11FN2O2/c13-10-3-1-2-9(11(10)14)12(16)15-6-8-4-5-17-7-8/h1-5,7H,6,14H2,(H,15,16). The maximum absolute atomic E-state index is 13.1. The summed E-state index contributed by atoms with van der Waals surface area (Å²) in [5, 5.41) is 2.62. The number of benzene rings is 1. The number of carbonyl (C=O) groups excluding carboxylic acids is 1. The first-order valence-corrected chi connectivity index (χ1v) is 5.01. The fraction of sp³-hybridized carbons (Fsp3) is 0.0833. The second-order valence-electron chi connectivity index (χ2n) is 3.52. The number of nitrogen functional groups attached to an aromatic ring is 1. The third kappa shape index (κ3) is 2.44. The van der Waals surface area contributed by atoms with Gasteiger partial charge in [0.05, 0.1) is 23.8 Å². The first-order chi connectivity index (χ1) is 8.18. The molecule has 88 valence electrons. The summed E-state index contributed by atoms with van der Waals surface area (Å²) >= 11 is 0. The molecule has 5 heteroatoms. The van der Waals surface area contributed by atoms with E-state index in [-0.39, 0.29) is 11.3 Å². The summed E-state index contributed by atoms with van der Waals surface area (Å²) in [5.41, 5.74) is 6.30. The van der Waals surface area contributed by atoms with Crippen LogP contribution in [0.2, 0.25) is 0 Å². The van der Waals surface area contributed by atoms with Crippen LogP contribution in [-0.4, -0.2) is 5.91 Å². The van der Waals surface area contributed by atoms with Crippen LogP contribution in [-0.2, 0) is 6.54 Å². The van der Waals surface area contributed by atoms with Crippen LogP contribution in [0.5, 0.6) is 0 Å². The summed E-state index contributed by atoms with van der Waals surface area (Å²) in [6, 6.07) is 5.86. The number of halogens is 1. The Morgan fingerprint density at radius 3 is 2.94 bits per heavy atom. The average Bonchev–Trinajstić information content (AvgIpc) is 2.82. The van der Waals surface area contributed by atoms with Gasteiger partial charge < -0.3 is 15.5 Å². The lowest BCUT2D eigenvalue weighted by molar-refractivity contribution is 0.0951. The SMILES string of the molecule is Nc1c(F)cccc1C(=O)NCc1ccoc1. The van der Waals surface area contributed by atoms with E-state index in [0.717, 1.165) is 5.56 Å². The zero-order valence-corrected chi connectivity index (χ0v) is 8.94. The van der Waals surface area contributed by atoms with Crippen molar-refractivity contribution in [1.82, 2.24) is 5.32 Å². The van der Waals surface area contributed by atoms with Crippen LogP contribution < -0.4 is 11.1 Å². The molecule has 0 saturated carbocycles. The van der Waals surface area contributed by atoms with Crippen LogP contribution in [0.1, 0.15) is 15.9 Å². The smallest absolute Gasteiger partial charge is 0.253 e. The van der Waals surface area contributed by atoms with Crippen LogP contribution in [0.25, 0.3) is 0 Å². The number of nitrogens with one attached hydrogen (secondary N) is 1. The van der Waals surface area contributed by atoms with Crippen molar-refractivity contribution in [2.24, 2.45) is 0 Å². The monoisotopic (exact) mass is 234 g/mol. The second-order valence-corrected chi connectivity index (χ2v) is 3.52. The van der Waals surface area contributed by atoms with Crippen molar-refractivity contribution in [2.75, 3.05) is 5.73 Å². The van der Waals surface area contributed by atoms with Gasteiger partial charge in [0.1, 0.15) is 5.82 Å². The van der Waals surface area contributed by atoms with Crippen molar-refractivity contribution in [1.29, 1.82) is 0 Å². The van der Waals surface area contributed by atoms with E-state index >= 15 is 0 Å². The van der Waals surface area contributed by atoms with E-state index in [9.17, 15) is 9.18 Å². The van der Waals surface area contributed by atoms with Gasteiger partial charge >= 0.3 is 0 Å². The molecule has 0 radical (unpaired) electrons. The predicted octanol–water partition coefficient (Wildman–Crippen LogP) is 1.93. The molecule has 0 aliphatic heterocycles. The molecule has 1 aromatic carbocycles. The van der Waals surface area contributed by atoms with Gasteiger partial charge in [-0.1, -0.05) is 6.07 Å². The van der Waals surface area contributed by atoms with Crippen molar-refractivity contribution in [3.63, 3.8) is 0 Å². The fourth-order valence-electron chi connectivity index (χ4n) is 1.41. The van der Waals surface area contributed by atoms with Gasteiger partial charge in [-0.25, -0.2) is 4.39 Å². The maximum atomic E-state index is 13.1. The highest BCUT2D eigenvalue weighted by Crippen LogP contribution is 2.15. The normalized spacial score (nSPS) is 10.2. The van der Waals surface area contributed by atoms with E-state index in [1.807, 2.05) is 0 Å². The number of amides is 1. The van der Waals surface area contributed by atoms with Gasteiger partial charge in [-0.3, -0.25) is 4.79 Å². The minimum Gasteiger partial charge on any atom is -0.472 e. The molecule has 0 saturated heterocycles. The van der Waals surface area contributed by atoms with Crippen molar-refractivity contribution >= 4 is 11.6 Å². The van der Waals surface area contributed by atoms with Crippen molar-refractivity contribution in [2.45, 2.75) is 6.54 Å². The van der Waals surface area contributed by atoms with Gasteiger partial charge in [-0.05, 0) is 18.2 Å². The maximum Gasteiger partial charge on any atom is 0.253 e. The minimum atomic E-state index is -0.596. The highest BCUT2D eigenvalue weighted by molar-refractivity contribution is 5.99. The molecule has 0 unspecified atom stereocenters. The summed E-state index contributed by atoms with van der Waals surface area (Å²) in [6.45, 7) is 0.311. The first kappa shape index (κ1) is 11.2. The molecule has 0 bridgehead atoms. The molecular weight excluding hydrogens is 223 g/mol. The van der Waals surface area contributed by atoms with E-state index in [4.69, 9.17) is 10.2 Å². The van der Waals surface area contributed by atoms with Gasteiger partial charge in [-0.2, -0.15) is 0 Å². The number of anilines is 1. The molecule has 2 rings (SSSR count). The lowest BCUT2D eigenvalue weighted by atomic mass is 10.1. The summed E-state index contributed by atoms with van der Waals surface area (Å²) in [5.74, 6) is -1.01. The molecule has 3 N–H and O–H groups in total. The molecule has 0 aliphatic carbocycles. The lowest BCUT2D eigenvalue weighted by Gasteiger charge is -2.06. The first-order valence-electron chi connectivity index (χ1n) is 5.01. The Morgan fingerprint density at radius 1 is 1.41 bits per heavy atom. The van der Waals surface area contributed by atoms with Gasteiger partial charge in [0.25, 0.3) is 5.91 Å². The quantitative estimate of drug-likeness (QED) is 0.797. The highest BCUT2D eigenvalue weighted by atomic mass is 19.1. The zero-order valence-electron chi connectivity index (χ0n) is 8.94. The van der Waals surface area contributed by atoms with E-state index < -0.39 is 11.7 Å². The Hall–Kier alpha value is -2.30. The van der Waals surface area contributed by atoms with Gasteiger partial charge in [0, 0.05) is 12.1 Å². The Balaban J connectivity index is 2.07. The molecule has 1 heterocycles. The summed E-state index contributed by atoms with van der Waals surface area (Å²) in [6.07, 6.45) is 3.03.